The molecule has 0 bridgehead atoms. The van der Waals surface area contributed by atoms with E-state index < -0.39 is 6.09 Å². The molecule has 1 aliphatic rings. The van der Waals surface area contributed by atoms with Gasteiger partial charge in [-0.3, -0.25) is 4.68 Å². The maximum atomic E-state index is 10.6. The van der Waals surface area contributed by atoms with Crippen molar-refractivity contribution in [3.8, 4) is 0 Å². The largest absolute Gasteiger partial charge is 0.465 e. The standard InChI is InChI=1S/C26H31N9O2/c1-18-16-28-25(30-20-5-7-22(8-6-20)34-13-11-33(2)12-14-34)31-24(18)29-21-4-3-19-17-35(32-23(19)15-21)10-9-27-26(36)37/h3-8,15-17,27H,9-14H2,1-2H3,(H,36,37)(H2,28,29,30,31). The predicted molar refractivity (Wildman–Crippen MR) is 145 cm³/mol. The number of fused-ring (bicyclic) bond motifs is 1. The summed E-state index contributed by atoms with van der Waals surface area (Å²) in [5.41, 5.74) is 4.73. The highest BCUT2D eigenvalue weighted by atomic mass is 16.4. The van der Waals surface area contributed by atoms with Gasteiger partial charge in [-0.15, -0.1) is 0 Å². The lowest BCUT2D eigenvalue weighted by molar-refractivity contribution is 0.194. The highest BCUT2D eigenvalue weighted by Gasteiger charge is 2.14. The molecule has 1 amide bonds. The normalized spacial score (nSPS) is 14.1. The minimum Gasteiger partial charge on any atom is -0.465 e. The molecular weight excluding hydrogens is 470 g/mol. The molecule has 0 aliphatic carbocycles. The molecule has 37 heavy (non-hydrogen) atoms. The second-order valence-corrected chi connectivity index (χ2v) is 9.21. The average molecular weight is 502 g/mol. The highest BCUT2D eigenvalue weighted by Crippen LogP contribution is 2.25. The molecule has 5 rings (SSSR count). The van der Waals surface area contributed by atoms with Crippen molar-refractivity contribution in [1.29, 1.82) is 0 Å². The fourth-order valence-corrected chi connectivity index (χ4v) is 4.25. The Bertz CT molecular complexity index is 1380. The van der Waals surface area contributed by atoms with Crippen LogP contribution < -0.4 is 20.9 Å². The summed E-state index contributed by atoms with van der Waals surface area (Å²) >= 11 is 0. The van der Waals surface area contributed by atoms with Crippen molar-refractivity contribution in [1.82, 2.24) is 30.0 Å². The van der Waals surface area contributed by atoms with Crippen LogP contribution in [0.5, 0.6) is 0 Å². The Morgan fingerprint density at radius 3 is 2.54 bits per heavy atom. The third kappa shape index (κ3) is 6.07. The Labute approximate surface area is 215 Å². The van der Waals surface area contributed by atoms with Crippen molar-refractivity contribution in [3.05, 3.63) is 60.4 Å². The number of amides is 1. The van der Waals surface area contributed by atoms with Gasteiger partial charge in [-0.1, -0.05) is 0 Å². The summed E-state index contributed by atoms with van der Waals surface area (Å²) < 4.78 is 1.73. The lowest BCUT2D eigenvalue weighted by atomic mass is 10.2. The maximum Gasteiger partial charge on any atom is 0.404 e. The Kier molecular flexibility index (Phi) is 7.04. The van der Waals surface area contributed by atoms with E-state index in [1.165, 1.54) is 5.69 Å². The number of likely N-dealkylation sites (N-methyl/N-ethyl adjacent to an activating group) is 1. The Hall–Kier alpha value is -4.38. The third-order valence-corrected chi connectivity index (χ3v) is 6.40. The van der Waals surface area contributed by atoms with Gasteiger partial charge in [-0.2, -0.15) is 10.1 Å². The van der Waals surface area contributed by atoms with Crippen LogP contribution in [0.4, 0.5) is 33.6 Å². The molecule has 2 aromatic carbocycles. The molecule has 11 nitrogen and oxygen atoms in total. The van der Waals surface area contributed by atoms with Gasteiger partial charge in [-0.05, 0) is 56.4 Å². The molecule has 0 unspecified atom stereocenters. The molecular formula is C26H31N9O2. The minimum absolute atomic E-state index is 0.295. The molecule has 11 heteroatoms. The van der Waals surface area contributed by atoms with Gasteiger partial charge in [0.25, 0.3) is 0 Å². The van der Waals surface area contributed by atoms with E-state index in [1.807, 2.05) is 31.3 Å². The van der Waals surface area contributed by atoms with Gasteiger partial charge < -0.3 is 30.9 Å². The van der Waals surface area contributed by atoms with Crippen LogP contribution in [-0.4, -0.2) is 75.6 Å². The van der Waals surface area contributed by atoms with E-state index >= 15 is 0 Å². The molecule has 2 aromatic heterocycles. The van der Waals surface area contributed by atoms with Gasteiger partial charge in [0.2, 0.25) is 5.95 Å². The lowest BCUT2D eigenvalue weighted by Crippen LogP contribution is -2.44. The van der Waals surface area contributed by atoms with Gasteiger partial charge in [0.15, 0.2) is 0 Å². The summed E-state index contributed by atoms with van der Waals surface area (Å²) in [7, 11) is 2.16. The van der Waals surface area contributed by atoms with Crippen LogP contribution in [-0.2, 0) is 6.54 Å². The van der Waals surface area contributed by atoms with E-state index in [2.05, 4.69) is 72.1 Å². The van der Waals surface area contributed by atoms with Crippen LogP contribution in [0.15, 0.2) is 54.9 Å². The molecule has 0 atom stereocenters. The maximum absolute atomic E-state index is 10.6. The second kappa shape index (κ2) is 10.7. The summed E-state index contributed by atoms with van der Waals surface area (Å²) in [4.78, 5) is 24.5. The highest BCUT2D eigenvalue weighted by molar-refractivity contribution is 5.83. The summed E-state index contributed by atoms with van der Waals surface area (Å²) in [5.74, 6) is 1.22. The number of anilines is 5. The van der Waals surface area contributed by atoms with Crippen LogP contribution in [0.2, 0.25) is 0 Å². The molecule has 0 radical (unpaired) electrons. The molecule has 4 aromatic rings. The summed E-state index contributed by atoms with van der Waals surface area (Å²) in [6.07, 6.45) is 2.65. The number of hydrogen-bond acceptors (Lipinski definition) is 8. The molecule has 0 saturated carbocycles. The molecule has 1 aliphatic heterocycles. The SMILES string of the molecule is Cc1cnc(Nc2ccc(N3CCN(C)CC3)cc2)nc1Nc1ccc2cn(CCNC(=O)O)nc2c1. The Morgan fingerprint density at radius 2 is 1.78 bits per heavy atom. The van der Waals surface area contributed by atoms with Crippen molar-refractivity contribution in [2.75, 3.05) is 55.3 Å². The molecule has 3 heterocycles. The summed E-state index contributed by atoms with van der Waals surface area (Å²) in [6, 6.07) is 14.3. The predicted octanol–water partition coefficient (Wildman–Crippen LogP) is 3.64. The van der Waals surface area contributed by atoms with Crippen molar-refractivity contribution < 1.29 is 9.90 Å². The zero-order valence-electron chi connectivity index (χ0n) is 21.0. The molecule has 0 spiro atoms. The van der Waals surface area contributed by atoms with Gasteiger partial charge in [0.1, 0.15) is 5.82 Å². The second-order valence-electron chi connectivity index (χ2n) is 9.21. The van der Waals surface area contributed by atoms with E-state index in [-0.39, 0.29) is 0 Å². The van der Waals surface area contributed by atoms with Gasteiger partial charge >= 0.3 is 6.09 Å². The first-order valence-corrected chi connectivity index (χ1v) is 12.3. The quantitative estimate of drug-likeness (QED) is 0.286. The fraction of sp³-hybridized carbons (Fsp3) is 0.308. The van der Waals surface area contributed by atoms with Crippen molar-refractivity contribution in [2.24, 2.45) is 0 Å². The number of hydrogen-bond donors (Lipinski definition) is 4. The monoisotopic (exact) mass is 501 g/mol. The van der Waals surface area contributed by atoms with E-state index in [0.717, 1.165) is 54.0 Å². The molecule has 1 fully saturated rings. The number of carboxylic acid groups (broad SMARTS) is 1. The zero-order valence-corrected chi connectivity index (χ0v) is 21.0. The molecule has 1 saturated heterocycles. The first-order valence-electron chi connectivity index (χ1n) is 12.3. The van der Waals surface area contributed by atoms with Crippen LogP contribution in [0.1, 0.15) is 5.56 Å². The van der Waals surface area contributed by atoms with E-state index in [1.54, 1.807) is 10.9 Å². The fourth-order valence-electron chi connectivity index (χ4n) is 4.25. The number of benzene rings is 2. The van der Waals surface area contributed by atoms with Gasteiger partial charge in [0, 0.05) is 73.1 Å². The van der Waals surface area contributed by atoms with Crippen LogP contribution in [0, 0.1) is 6.92 Å². The number of nitrogens with one attached hydrogen (secondary N) is 3. The molecule has 4 N–H and O–H groups in total. The summed E-state index contributed by atoms with van der Waals surface area (Å²) in [6.45, 7) is 6.93. The summed E-state index contributed by atoms with van der Waals surface area (Å²) in [5, 5.41) is 23.3. The van der Waals surface area contributed by atoms with Crippen molar-refractivity contribution in [2.45, 2.75) is 13.5 Å². The smallest absolute Gasteiger partial charge is 0.404 e. The van der Waals surface area contributed by atoms with Crippen molar-refractivity contribution >= 4 is 45.8 Å². The lowest BCUT2D eigenvalue weighted by Gasteiger charge is -2.34. The first-order chi connectivity index (χ1) is 17.9. The van der Waals surface area contributed by atoms with Gasteiger partial charge in [-0.25, -0.2) is 9.78 Å². The molecule has 192 valence electrons. The van der Waals surface area contributed by atoms with E-state index in [0.29, 0.717) is 24.9 Å². The van der Waals surface area contributed by atoms with Crippen LogP contribution >= 0.6 is 0 Å². The number of carbonyl (C=O) groups is 1. The van der Waals surface area contributed by atoms with E-state index in [9.17, 15) is 4.79 Å². The Morgan fingerprint density at radius 1 is 1.03 bits per heavy atom. The first kappa shape index (κ1) is 24.3. The third-order valence-electron chi connectivity index (χ3n) is 6.40. The minimum atomic E-state index is -1.04. The van der Waals surface area contributed by atoms with Crippen molar-refractivity contribution in [3.63, 3.8) is 0 Å². The van der Waals surface area contributed by atoms with Crippen LogP contribution in [0.3, 0.4) is 0 Å². The number of piperazine rings is 1. The zero-order chi connectivity index (χ0) is 25.8. The van der Waals surface area contributed by atoms with Crippen LogP contribution in [0.25, 0.3) is 10.9 Å². The number of aryl methyl sites for hydroxylation is 1. The number of rotatable bonds is 8. The number of nitrogens with zero attached hydrogens (tertiary/aromatic N) is 6. The number of aromatic nitrogens is 4. The topological polar surface area (TPSA) is 123 Å². The average Bonchev–Trinajstić information content (AvgIpc) is 3.29. The van der Waals surface area contributed by atoms with Gasteiger partial charge in [0.05, 0.1) is 12.1 Å². The van der Waals surface area contributed by atoms with E-state index in [4.69, 9.17) is 5.11 Å². The Balaban J connectivity index is 1.25.